The molecule has 2 amide bonds. The molecule has 156 valence electrons. The summed E-state index contributed by atoms with van der Waals surface area (Å²) in [5.41, 5.74) is 1.18. The first-order valence-corrected chi connectivity index (χ1v) is 10.1. The SMILES string of the molecule is CN(C)C(=O)[C@H]1[C@H]2C[C@H](CN(C(=O)c3ccc4c(c3)OCO4)C2)c2cccc(=O)n21. The van der Waals surface area contributed by atoms with Crippen molar-refractivity contribution in [2.45, 2.75) is 18.4 Å². The Balaban J connectivity index is 1.51. The van der Waals surface area contributed by atoms with E-state index in [9.17, 15) is 14.4 Å². The summed E-state index contributed by atoms with van der Waals surface area (Å²) < 4.78 is 12.4. The van der Waals surface area contributed by atoms with Crippen molar-refractivity contribution in [3.05, 3.63) is 58.0 Å². The van der Waals surface area contributed by atoms with Crippen molar-refractivity contribution in [1.82, 2.24) is 14.4 Å². The maximum absolute atomic E-state index is 13.3. The number of pyridine rings is 1. The number of nitrogens with zero attached hydrogens (tertiary/aromatic N) is 3. The summed E-state index contributed by atoms with van der Waals surface area (Å²) in [6.45, 7) is 1.09. The van der Waals surface area contributed by atoms with Gasteiger partial charge in [-0.3, -0.25) is 19.0 Å². The maximum Gasteiger partial charge on any atom is 0.254 e. The third-order valence-electron chi connectivity index (χ3n) is 6.25. The van der Waals surface area contributed by atoms with Gasteiger partial charge in [0.15, 0.2) is 11.5 Å². The van der Waals surface area contributed by atoms with Crippen LogP contribution < -0.4 is 15.0 Å². The molecule has 3 aliphatic heterocycles. The maximum atomic E-state index is 13.3. The number of ether oxygens (including phenoxy) is 2. The molecule has 0 spiro atoms. The Morgan fingerprint density at radius 1 is 1.07 bits per heavy atom. The minimum atomic E-state index is -0.604. The van der Waals surface area contributed by atoms with Gasteiger partial charge in [-0.25, -0.2) is 0 Å². The second-order valence-electron chi connectivity index (χ2n) is 8.31. The second kappa shape index (κ2) is 6.90. The van der Waals surface area contributed by atoms with Crippen LogP contribution in [-0.4, -0.2) is 60.2 Å². The van der Waals surface area contributed by atoms with Gasteiger partial charge >= 0.3 is 0 Å². The van der Waals surface area contributed by atoms with Crippen molar-refractivity contribution in [3.63, 3.8) is 0 Å². The first-order chi connectivity index (χ1) is 14.4. The van der Waals surface area contributed by atoms with E-state index in [4.69, 9.17) is 9.47 Å². The van der Waals surface area contributed by atoms with Crippen molar-refractivity contribution < 1.29 is 19.1 Å². The molecule has 0 aliphatic carbocycles. The number of fused-ring (bicyclic) bond motifs is 5. The summed E-state index contributed by atoms with van der Waals surface area (Å²) in [7, 11) is 3.39. The summed E-state index contributed by atoms with van der Waals surface area (Å²) in [6, 6.07) is 9.70. The Hall–Kier alpha value is -3.29. The summed E-state index contributed by atoms with van der Waals surface area (Å²) in [5.74, 6) is 0.866. The Bertz CT molecular complexity index is 1090. The van der Waals surface area contributed by atoms with Crippen molar-refractivity contribution >= 4 is 11.8 Å². The molecule has 4 heterocycles. The highest BCUT2D eigenvalue weighted by atomic mass is 16.7. The fourth-order valence-electron chi connectivity index (χ4n) is 4.89. The average molecular weight is 409 g/mol. The van der Waals surface area contributed by atoms with Crippen molar-refractivity contribution in [2.75, 3.05) is 34.0 Å². The molecule has 8 heteroatoms. The number of amides is 2. The van der Waals surface area contributed by atoms with Crippen LogP contribution >= 0.6 is 0 Å². The highest BCUT2D eigenvalue weighted by molar-refractivity contribution is 5.95. The lowest BCUT2D eigenvalue weighted by Crippen LogP contribution is -2.54. The Labute approximate surface area is 173 Å². The molecule has 5 rings (SSSR count). The number of likely N-dealkylation sites (tertiary alicyclic amines) is 1. The first kappa shape index (κ1) is 18.7. The number of hydrogen-bond donors (Lipinski definition) is 0. The van der Waals surface area contributed by atoms with E-state index >= 15 is 0 Å². The lowest BCUT2D eigenvalue weighted by atomic mass is 9.78. The van der Waals surface area contributed by atoms with Crippen LogP contribution in [0.15, 0.2) is 41.2 Å². The number of benzene rings is 1. The quantitative estimate of drug-likeness (QED) is 0.750. The molecule has 0 radical (unpaired) electrons. The number of likely N-dealkylation sites (N-methyl/N-ethyl adjacent to an activating group) is 1. The van der Waals surface area contributed by atoms with Crippen LogP contribution in [0.4, 0.5) is 0 Å². The number of carbonyl (C=O) groups excluding carboxylic acids is 2. The van der Waals surface area contributed by atoms with E-state index in [0.717, 1.165) is 12.1 Å². The number of hydrogen-bond acceptors (Lipinski definition) is 5. The first-order valence-electron chi connectivity index (χ1n) is 10.1. The predicted octanol–water partition coefficient (Wildman–Crippen LogP) is 1.47. The molecule has 0 saturated carbocycles. The molecule has 2 bridgehead atoms. The largest absolute Gasteiger partial charge is 0.454 e. The van der Waals surface area contributed by atoms with Gasteiger partial charge in [0, 0.05) is 56.3 Å². The molecule has 2 aromatic rings. The van der Waals surface area contributed by atoms with Crippen molar-refractivity contribution in [1.29, 1.82) is 0 Å². The minimum absolute atomic E-state index is 0.0156. The van der Waals surface area contributed by atoms with E-state index in [1.54, 1.807) is 47.8 Å². The third-order valence-corrected chi connectivity index (χ3v) is 6.25. The number of piperidine rings is 1. The van der Waals surface area contributed by atoms with E-state index in [0.29, 0.717) is 30.2 Å². The van der Waals surface area contributed by atoms with Gasteiger partial charge in [-0.1, -0.05) is 6.07 Å². The smallest absolute Gasteiger partial charge is 0.254 e. The van der Waals surface area contributed by atoms with E-state index in [2.05, 4.69) is 0 Å². The van der Waals surface area contributed by atoms with E-state index in [-0.39, 0.29) is 36.0 Å². The number of carbonyl (C=O) groups is 2. The van der Waals surface area contributed by atoms with Gasteiger partial charge in [-0.15, -0.1) is 0 Å². The Kier molecular flexibility index (Phi) is 4.30. The summed E-state index contributed by atoms with van der Waals surface area (Å²) in [4.78, 5) is 42.3. The zero-order valence-electron chi connectivity index (χ0n) is 16.9. The normalized spacial score (nSPS) is 23.7. The minimum Gasteiger partial charge on any atom is -0.454 e. The van der Waals surface area contributed by atoms with Crippen LogP contribution in [0.2, 0.25) is 0 Å². The summed E-state index contributed by atoms with van der Waals surface area (Å²) >= 11 is 0. The standard InChI is InChI=1S/C22H23N3O5/c1-23(2)22(28)20-15-8-14(16-4-3-5-19(26)25(16)20)10-24(11-15)21(27)13-6-7-17-18(9-13)30-12-29-17/h3-7,9,14-15,20H,8,10-12H2,1-2H3/t14-,15+,20-/m1/s1. The van der Waals surface area contributed by atoms with Crippen molar-refractivity contribution in [3.8, 4) is 11.5 Å². The van der Waals surface area contributed by atoms with Gasteiger partial charge in [0.05, 0.1) is 0 Å². The van der Waals surface area contributed by atoms with Gasteiger partial charge in [0.25, 0.3) is 11.5 Å². The van der Waals surface area contributed by atoms with Crippen LogP contribution in [0.5, 0.6) is 11.5 Å². The molecule has 30 heavy (non-hydrogen) atoms. The molecule has 1 aromatic heterocycles. The van der Waals surface area contributed by atoms with Gasteiger partial charge < -0.3 is 19.3 Å². The van der Waals surface area contributed by atoms with Crippen LogP contribution in [0.25, 0.3) is 0 Å². The molecule has 1 aromatic carbocycles. The molecule has 3 atom stereocenters. The van der Waals surface area contributed by atoms with Crippen LogP contribution in [0, 0.1) is 5.92 Å². The lowest BCUT2D eigenvalue weighted by Gasteiger charge is -2.46. The molecule has 3 aliphatic rings. The lowest BCUT2D eigenvalue weighted by molar-refractivity contribution is -0.135. The molecule has 8 nitrogen and oxygen atoms in total. The van der Waals surface area contributed by atoms with Crippen LogP contribution in [-0.2, 0) is 4.79 Å². The van der Waals surface area contributed by atoms with E-state index < -0.39 is 6.04 Å². The zero-order chi connectivity index (χ0) is 21.0. The van der Waals surface area contributed by atoms with Crippen LogP contribution in [0.3, 0.4) is 0 Å². The number of aromatic nitrogens is 1. The van der Waals surface area contributed by atoms with Crippen LogP contribution in [0.1, 0.15) is 34.4 Å². The third kappa shape index (κ3) is 2.86. The van der Waals surface area contributed by atoms with Crippen molar-refractivity contribution in [2.24, 2.45) is 5.92 Å². The van der Waals surface area contributed by atoms with E-state index in [1.807, 2.05) is 6.07 Å². The fraction of sp³-hybridized carbons (Fsp3) is 0.409. The average Bonchev–Trinajstić information content (AvgIpc) is 3.21. The molecule has 0 N–H and O–H groups in total. The molecular weight excluding hydrogens is 386 g/mol. The van der Waals surface area contributed by atoms with Gasteiger partial charge in [-0.05, 0) is 30.7 Å². The van der Waals surface area contributed by atoms with Gasteiger partial charge in [-0.2, -0.15) is 0 Å². The zero-order valence-corrected chi connectivity index (χ0v) is 16.9. The molecule has 1 saturated heterocycles. The second-order valence-corrected chi connectivity index (χ2v) is 8.31. The highest BCUT2D eigenvalue weighted by Crippen LogP contribution is 2.42. The topological polar surface area (TPSA) is 81.1 Å². The molecular formula is C22H23N3O5. The predicted molar refractivity (Wildman–Crippen MR) is 108 cm³/mol. The summed E-state index contributed by atoms with van der Waals surface area (Å²) in [6.07, 6.45) is 0.776. The van der Waals surface area contributed by atoms with Gasteiger partial charge in [0.2, 0.25) is 12.7 Å². The Morgan fingerprint density at radius 3 is 2.67 bits per heavy atom. The highest BCUT2D eigenvalue weighted by Gasteiger charge is 2.45. The van der Waals surface area contributed by atoms with Gasteiger partial charge in [0.1, 0.15) is 6.04 Å². The molecule has 1 fully saturated rings. The fourth-order valence-corrected chi connectivity index (χ4v) is 4.89. The monoisotopic (exact) mass is 409 g/mol. The van der Waals surface area contributed by atoms with E-state index in [1.165, 1.54) is 11.0 Å². The molecule has 0 unspecified atom stereocenters. The Morgan fingerprint density at radius 2 is 1.87 bits per heavy atom. The number of rotatable bonds is 2. The summed E-state index contributed by atoms with van der Waals surface area (Å²) in [5, 5.41) is 0.